The zero-order valence-corrected chi connectivity index (χ0v) is 18.7. The summed E-state index contributed by atoms with van der Waals surface area (Å²) >= 11 is 0. The van der Waals surface area contributed by atoms with Gasteiger partial charge in [-0.3, -0.25) is 9.78 Å². The van der Waals surface area contributed by atoms with Crippen LogP contribution in [-0.2, 0) is 0 Å². The molecule has 0 radical (unpaired) electrons. The van der Waals surface area contributed by atoms with Crippen molar-refractivity contribution in [1.82, 2.24) is 15.0 Å². The maximum atomic E-state index is 13.2. The summed E-state index contributed by atoms with van der Waals surface area (Å²) in [4.78, 5) is 29.4. The number of nitrogens with zero attached hydrogens (tertiary/aromatic N) is 4. The van der Waals surface area contributed by atoms with E-state index in [0.29, 0.717) is 36.1 Å². The van der Waals surface area contributed by atoms with Crippen LogP contribution in [0.4, 0.5) is 5.82 Å². The number of carbonyl (C=O) groups excluding carboxylic acids is 1. The zero-order valence-electron chi connectivity index (χ0n) is 18.7. The van der Waals surface area contributed by atoms with E-state index in [0.717, 1.165) is 48.2 Å². The highest BCUT2D eigenvalue weighted by atomic mass is 16.6. The maximum absolute atomic E-state index is 13.2. The predicted octanol–water partition coefficient (Wildman–Crippen LogP) is 4.56. The van der Waals surface area contributed by atoms with Gasteiger partial charge in [-0.2, -0.15) is 0 Å². The number of pyridine rings is 1. The fourth-order valence-corrected chi connectivity index (χ4v) is 4.71. The summed E-state index contributed by atoms with van der Waals surface area (Å²) in [6, 6.07) is 17.4. The van der Waals surface area contributed by atoms with Gasteiger partial charge in [0.1, 0.15) is 19.0 Å². The van der Waals surface area contributed by atoms with Gasteiger partial charge in [-0.1, -0.05) is 12.1 Å². The third-order valence-electron chi connectivity index (χ3n) is 6.49. The minimum atomic E-state index is -0.0234. The van der Waals surface area contributed by atoms with Gasteiger partial charge < -0.3 is 14.4 Å². The van der Waals surface area contributed by atoms with E-state index in [4.69, 9.17) is 19.4 Å². The Morgan fingerprint density at radius 2 is 1.74 bits per heavy atom. The molecule has 7 nitrogen and oxygen atoms in total. The molecule has 1 fully saturated rings. The number of hydrogen-bond donors (Lipinski definition) is 0. The van der Waals surface area contributed by atoms with Gasteiger partial charge in [-0.05, 0) is 55.3 Å². The quantitative estimate of drug-likeness (QED) is 0.420. The van der Waals surface area contributed by atoms with Crippen LogP contribution in [0.1, 0.15) is 23.2 Å². The van der Waals surface area contributed by atoms with Crippen molar-refractivity contribution in [2.45, 2.75) is 12.8 Å². The molecule has 1 saturated heterocycles. The van der Waals surface area contributed by atoms with E-state index in [2.05, 4.69) is 16.0 Å². The van der Waals surface area contributed by atoms with Crippen molar-refractivity contribution < 1.29 is 14.3 Å². The van der Waals surface area contributed by atoms with Gasteiger partial charge in [-0.15, -0.1) is 0 Å². The molecule has 7 heteroatoms. The second-order valence-corrected chi connectivity index (χ2v) is 8.61. The SMILES string of the molecule is O=C(c1ccc2c(c1)OCCO2)C1CCN(c2nc(-c3cccnc3)nc3ccccc23)CC1. The first-order valence-corrected chi connectivity index (χ1v) is 11.6. The minimum Gasteiger partial charge on any atom is -0.486 e. The van der Waals surface area contributed by atoms with Crippen molar-refractivity contribution in [2.75, 3.05) is 31.2 Å². The summed E-state index contributed by atoms with van der Waals surface area (Å²) in [5, 5.41) is 1.02. The topological polar surface area (TPSA) is 77.4 Å². The summed E-state index contributed by atoms with van der Waals surface area (Å²) in [6.07, 6.45) is 5.07. The standard InChI is InChI=1S/C27H24N4O3/c32-25(19-7-8-23-24(16-19)34-15-14-33-23)18-9-12-31(13-10-18)27-21-5-1-2-6-22(21)29-26(30-27)20-4-3-11-28-17-20/h1-8,11,16-18H,9-10,12-15H2. The number of benzene rings is 2. The third-order valence-corrected chi connectivity index (χ3v) is 6.49. The first-order chi connectivity index (χ1) is 16.8. The van der Waals surface area contributed by atoms with Crippen molar-refractivity contribution in [1.29, 1.82) is 0 Å². The molecule has 0 amide bonds. The fourth-order valence-electron chi connectivity index (χ4n) is 4.71. The van der Waals surface area contributed by atoms with Crippen LogP contribution in [0.5, 0.6) is 11.5 Å². The molecule has 2 aromatic carbocycles. The number of rotatable bonds is 4. The fraction of sp³-hybridized carbons (Fsp3) is 0.259. The molecule has 0 aliphatic carbocycles. The molecule has 0 saturated carbocycles. The summed E-state index contributed by atoms with van der Waals surface area (Å²) < 4.78 is 11.2. The lowest BCUT2D eigenvalue weighted by molar-refractivity contribution is 0.0899. The Balaban J connectivity index is 1.24. The Hall–Kier alpha value is -4.00. The number of piperidine rings is 1. The van der Waals surface area contributed by atoms with Gasteiger partial charge in [0.15, 0.2) is 23.1 Å². The largest absolute Gasteiger partial charge is 0.486 e. The second kappa shape index (κ2) is 8.74. The molecule has 6 rings (SSSR count). The third kappa shape index (κ3) is 3.83. The van der Waals surface area contributed by atoms with Crippen LogP contribution in [0.25, 0.3) is 22.3 Å². The lowest BCUT2D eigenvalue weighted by Gasteiger charge is -2.33. The van der Waals surface area contributed by atoms with Gasteiger partial charge in [0.05, 0.1) is 5.52 Å². The average Bonchev–Trinajstić information content (AvgIpc) is 2.92. The molecule has 4 aromatic rings. The number of ketones is 1. The molecule has 0 N–H and O–H groups in total. The molecule has 170 valence electrons. The minimum absolute atomic E-state index is 0.0234. The van der Waals surface area contributed by atoms with Crippen LogP contribution in [0.2, 0.25) is 0 Å². The Bertz CT molecular complexity index is 1350. The Morgan fingerprint density at radius 3 is 2.56 bits per heavy atom. The Morgan fingerprint density at radius 1 is 0.912 bits per heavy atom. The highest BCUT2D eigenvalue weighted by Gasteiger charge is 2.28. The van der Waals surface area contributed by atoms with E-state index < -0.39 is 0 Å². The average molecular weight is 453 g/mol. The molecule has 0 bridgehead atoms. The molecule has 0 unspecified atom stereocenters. The van der Waals surface area contributed by atoms with E-state index >= 15 is 0 Å². The van der Waals surface area contributed by atoms with Crippen LogP contribution in [0.15, 0.2) is 67.0 Å². The normalized spacial score (nSPS) is 15.9. The summed E-state index contributed by atoms with van der Waals surface area (Å²) in [6.45, 7) is 2.57. The van der Waals surface area contributed by atoms with Crippen molar-refractivity contribution >= 4 is 22.5 Å². The van der Waals surface area contributed by atoms with Crippen LogP contribution >= 0.6 is 0 Å². The number of hydrogen-bond acceptors (Lipinski definition) is 7. The number of carbonyl (C=O) groups is 1. The molecule has 2 aliphatic rings. The summed E-state index contributed by atoms with van der Waals surface area (Å²) in [7, 11) is 0. The molecule has 2 aliphatic heterocycles. The smallest absolute Gasteiger partial charge is 0.166 e. The van der Waals surface area contributed by atoms with E-state index in [1.165, 1.54) is 0 Å². The first kappa shape index (κ1) is 20.6. The van der Waals surface area contributed by atoms with Crippen LogP contribution in [0, 0.1) is 5.92 Å². The van der Waals surface area contributed by atoms with Crippen molar-refractivity contribution in [3.8, 4) is 22.9 Å². The van der Waals surface area contributed by atoms with Gasteiger partial charge in [-0.25, -0.2) is 9.97 Å². The molecule has 4 heterocycles. The zero-order chi connectivity index (χ0) is 22.9. The van der Waals surface area contributed by atoms with Crippen LogP contribution < -0.4 is 14.4 Å². The molecule has 0 spiro atoms. The van der Waals surface area contributed by atoms with Gasteiger partial charge in [0, 0.05) is 47.9 Å². The van der Waals surface area contributed by atoms with Crippen LogP contribution in [0.3, 0.4) is 0 Å². The Labute approximate surface area is 197 Å². The predicted molar refractivity (Wildman–Crippen MR) is 129 cm³/mol. The van der Waals surface area contributed by atoms with Crippen molar-refractivity contribution in [3.63, 3.8) is 0 Å². The highest BCUT2D eigenvalue weighted by molar-refractivity contribution is 5.99. The maximum Gasteiger partial charge on any atom is 0.166 e. The first-order valence-electron chi connectivity index (χ1n) is 11.6. The monoisotopic (exact) mass is 452 g/mol. The van der Waals surface area contributed by atoms with Gasteiger partial charge in [0.2, 0.25) is 0 Å². The highest BCUT2D eigenvalue weighted by Crippen LogP contribution is 2.34. The van der Waals surface area contributed by atoms with E-state index in [1.54, 1.807) is 12.4 Å². The molecule has 34 heavy (non-hydrogen) atoms. The van der Waals surface area contributed by atoms with E-state index in [1.807, 2.05) is 48.5 Å². The lowest BCUT2D eigenvalue weighted by Crippen LogP contribution is -2.37. The number of ether oxygens (including phenoxy) is 2. The molecule has 0 atom stereocenters. The van der Waals surface area contributed by atoms with Gasteiger partial charge >= 0.3 is 0 Å². The van der Waals surface area contributed by atoms with Crippen LogP contribution in [-0.4, -0.2) is 47.0 Å². The molecule has 2 aromatic heterocycles. The summed E-state index contributed by atoms with van der Waals surface area (Å²) in [5.74, 6) is 3.08. The lowest BCUT2D eigenvalue weighted by atomic mass is 9.88. The van der Waals surface area contributed by atoms with E-state index in [-0.39, 0.29) is 11.7 Å². The number of fused-ring (bicyclic) bond motifs is 2. The van der Waals surface area contributed by atoms with Crippen molar-refractivity contribution in [3.05, 3.63) is 72.6 Å². The summed E-state index contributed by atoms with van der Waals surface area (Å²) in [5.41, 5.74) is 2.48. The molecular formula is C27H24N4O3. The van der Waals surface area contributed by atoms with E-state index in [9.17, 15) is 4.79 Å². The Kier molecular flexibility index (Phi) is 5.30. The second-order valence-electron chi connectivity index (χ2n) is 8.61. The number of aromatic nitrogens is 3. The van der Waals surface area contributed by atoms with Gasteiger partial charge in [0.25, 0.3) is 0 Å². The number of anilines is 1. The van der Waals surface area contributed by atoms with Crippen molar-refractivity contribution in [2.24, 2.45) is 5.92 Å². The number of para-hydroxylation sites is 1. The molecular weight excluding hydrogens is 428 g/mol. The number of Topliss-reactive ketones (excluding diaryl/α,β-unsaturated/α-hetero) is 1.